The summed E-state index contributed by atoms with van der Waals surface area (Å²) in [6, 6.07) is 21.2. The Labute approximate surface area is 461 Å². The summed E-state index contributed by atoms with van der Waals surface area (Å²) >= 11 is 0. The van der Waals surface area contributed by atoms with Crippen molar-refractivity contribution in [2.75, 3.05) is 47.3 Å². The van der Waals surface area contributed by atoms with Crippen LogP contribution in [0.15, 0.2) is 97.3 Å². The number of hydrogen-bond acceptors (Lipinski definition) is 17. The van der Waals surface area contributed by atoms with Gasteiger partial charge < -0.3 is 42.2 Å². The van der Waals surface area contributed by atoms with Crippen molar-refractivity contribution >= 4 is 101 Å². The number of aromatic carboxylic acids is 1. The number of halogens is 3. The molecule has 0 aliphatic carbocycles. The fourth-order valence-corrected chi connectivity index (χ4v) is 11.4. The third kappa shape index (κ3) is 13.5. The summed E-state index contributed by atoms with van der Waals surface area (Å²) in [7, 11) is -4.29. The topological polar surface area (TPSA) is 370 Å². The highest BCUT2D eigenvalue weighted by atomic mass is 35.5. The first-order chi connectivity index (χ1) is 37.7. The third-order valence-corrected chi connectivity index (χ3v) is 15.8. The van der Waals surface area contributed by atoms with Crippen LogP contribution in [0.3, 0.4) is 0 Å². The molecule has 0 radical (unpaired) electrons. The number of aromatic hydroxyl groups is 2. The number of amides is 3. The van der Waals surface area contributed by atoms with Crippen LogP contribution in [-0.2, 0) is 33.1 Å². The van der Waals surface area contributed by atoms with Crippen molar-refractivity contribution in [1.29, 1.82) is 0 Å². The molecule has 25 nitrogen and oxygen atoms in total. The third-order valence-electron chi connectivity index (χ3n) is 12.1. The zero-order valence-corrected chi connectivity index (χ0v) is 45.0. The van der Waals surface area contributed by atoms with Crippen LogP contribution in [-0.4, -0.2) is 135 Å². The lowest BCUT2D eigenvalue weighted by Gasteiger charge is -2.28. The highest BCUT2D eigenvalue weighted by Gasteiger charge is 2.33. The van der Waals surface area contributed by atoms with Crippen molar-refractivity contribution < 1.29 is 71.1 Å². The molecule has 2 saturated heterocycles. The fourth-order valence-electron chi connectivity index (χ4n) is 8.23. The Bertz CT molecular complexity index is 3860. The Morgan fingerprint density at radius 2 is 1.15 bits per heavy atom. The molecule has 3 amide bonds. The first-order valence-corrected chi connectivity index (χ1v) is 27.2. The molecule has 8 aromatic rings. The normalized spacial score (nSPS) is 14.2. The summed E-state index contributed by atoms with van der Waals surface area (Å²) < 4.78 is 78.5. The molecule has 3 aromatic carbocycles. The number of carboxylic acid groups (broad SMARTS) is 1. The van der Waals surface area contributed by atoms with Crippen molar-refractivity contribution in [2.45, 2.75) is 38.8 Å². The summed E-state index contributed by atoms with van der Waals surface area (Å²) in [6.07, 6.45) is 5.16. The van der Waals surface area contributed by atoms with E-state index in [2.05, 4.69) is 51.9 Å². The van der Waals surface area contributed by atoms with E-state index in [0.717, 1.165) is 31.2 Å². The largest absolute Gasteiger partial charge is 0.504 e. The Kier molecular flexibility index (Phi) is 19.7. The van der Waals surface area contributed by atoms with Crippen LogP contribution in [0.2, 0.25) is 0 Å². The minimum absolute atomic E-state index is 0. The highest BCUT2D eigenvalue weighted by Crippen LogP contribution is 2.36. The first-order valence-electron chi connectivity index (χ1n) is 24.0. The average Bonchev–Trinajstić information content (AvgIpc) is 3.83. The SMILES string of the molecule is CNC(=O)c1cc(F)ccc1CNC(=O)c1nc(N2CCCCS2(=O)=O)c2cccnc2c1O.CNC(=O)c1cc(F)ccc1C[NH3+].Cl.O=C(O)c1nc(N2CCCCS2(=O)=O)c2cccnc2c1O.On1nnc2ccccc21. The van der Waals surface area contributed by atoms with Crippen LogP contribution < -0.4 is 30.3 Å². The van der Waals surface area contributed by atoms with Crippen LogP contribution in [0, 0.1) is 11.6 Å². The lowest BCUT2D eigenvalue weighted by molar-refractivity contribution is -0.386. The lowest BCUT2D eigenvalue weighted by Crippen LogP contribution is -2.48. The zero-order valence-electron chi connectivity index (χ0n) is 42.6. The molecular formula is C50H53ClF2N13O12S2+. The Balaban J connectivity index is 0.000000191. The zero-order chi connectivity index (χ0) is 57.2. The van der Waals surface area contributed by atoms with E-state index in [1.54, 1.807) is 42.5 Å². The number of carboxylic acids is 1. The summed E-state index contributed by atoms with van der Waals surface area (Å²) in [5.74, 6) is -5.21. The van der Waals surface area contributed by atoms with E-state index < -0.39 is 72.4 Å². The minimum Gasteiger partial charge on any atom is -0.504 e. The summed E-state index contributed by atoms with van der Waals surface area (Å²) in [6.45, 7) is 0.725. The van der Waals surface area contributed by atoms with Gasteiger partial charge in [-0.25, -0.2) is 40.4 Å². The molecule has 5 aromatic heterocycles. The fraction of sp³-hybridized carbons (Fsp3) is 0.240. The van der Waals surface area contributed by atoms with Gasteiger partial charge in [-0.15, -0.1) is 17.5 Å². The van der Waals surface area contributed by atoms with Gasteiger partial charge in [0.2, 0.25) is 20.0 Å². The number of anilines is 2. The van der Waals surface area contributed by atoms with Crippen LogP contribution in [0.25, 0.3) is 32.8 Å². The van der Waals surface area contributed by atoms with E-state index in [1.807, 2.05) is 12.1 Å². The number of carbonyl (C=O) groups is 4. The number of carbonyl (C=O) groups excluding carboxylic acids is 3. The average molecular weight is 1170 g/mol. The number of para-hydroxylation sites is 1. The number of aromatic nitrogens is 7. The highest BCUT2D eigenvalue weighted by molar-refractivity contribution is 7.93. The number of hydrogen-bond donors (Lipinski definition) is 8. The molecule has 0 bridgehead atoms. The maximum atomic E-state index is 13.6. The van der Waals surface area contributed by atoms with Gasteiger partial charge in [-0.1, -0.05) is 23.0 Å². The molecule has 0 saturated carbocycles. The van der Waals surface area contributed by atoms with E-state index in [-0.39, 0.29) is 77.7 Å². The van der Waals surface area contributed by atoms with Gasteiger partial charge in [-0.3, -0.25) is 33.0 Å². The predicted octanol–water partition coefficient (Wildman–Crippen LogP) is 3.68. The smallest absolute Gasteiger partial charge is 0.358 e. The van der Waals surface area contributed by atoms with E-state index in [1.165, 1.54) is 44.7 Å². The Hall–Kier alpha value is -8.93. The molecule has 10 N–H and O–H groups in total. The number of nitrogens with one attached hydrogen (secondary N) is 3. The Morgan fingerprint density at radius 1 is 0.662 bits per heavy atom. The molecule has 10 rings (SSSR count). The van der Waals surface area contributed by atoms with Crippen LogP contribution in [0.1, 0.15) is 78.5 Å². The molecule has 422 valence electrons. The molecule has 30 heteroatoms. The molecular weight excluding hydrogens is 1110 g/mol. The standard InChI is InChI=1S/C22H22FN5O5S.C13H13N3O5S.C9H11FN2O.C6H5N3O.ClH/c1-24-21(30)16-11-14(23)7-6-13(16)12-26-22(31)18-19(29)17-15(5-4-8-25-17)20(27-18)28-9-2-3-10-34(28,32)33;17-11-9-8(4-3-5-14-9)12(15-10(11)13(18)19)16-6-1-2-7-22(16,20)21;1-12-9(13)8-4-7(10)3-2-6(8)5-11;10-9-6-4-2-1-3-5(6)7-8-9;/h4-8,11,29H,2-3,9-10,12H2,1H3,(H,24,30)(H,26,31);3-5,17H,1-2,6-7H2,(H,18,19);2-4H,5,11H2,1H3,(H,12,13);1-4,10H;1H/p+1. The second-order valence-corrected chi connectivity index (χ2v) is 21.2. The summed E-state index contributed by atoms with van der Waals surface area (Å²) in [5.41, 5.74) is 5.51. The van der Waals surface area contributed by atoms with Crippen LogP contribution in [0.4, 0.5) is 20.4 Å². The van der Waals surface area contributed by atoms with Crippen molar-refractivity contribution in [2.24, 2.45) is 0 Å². The molecule has 7 heterocycles. The molecule has 0 unspecified atom stereocenters. The molecule has 2 fully saturated rings. The van der Waals surface area contributed by atoms with Gasteiger partial charge >= 0.3 is 5.97 Å². The van der Waals surface area contributed by atoms with E-state index >= 15 is 0 Å². The van der Waals surface area contributed by atoms with E-state index in [4.69, 9.17) is 10.3 Å². The number of sulfonamides is 2. The van der Waals surface area contributed by atoms with Crippen molar-refractivity contribution in [3.63, 3.8) is 0 Å². The second-order valence-electron chi connectivity index (χ2n) is 17.2. The predicted molar refractivity (Wildman–Crippen MR) is 289 cm³/mol. The van der Waals surface area contributed by atoms with Gasteiger partial charge in [0, 0.05) is 68.0 Å². The number of nitrogens with zero attached hydrogens (tertiary/aromatic N) is 9. The number of benzene rings is 3. The molecule has 0 atom stereocenters. The molecule has 0 spiro atoms. The maximum absolute atomic E-state index is 13.6. The monoisotopic (exact) mass is 1160 g/mol. The van der Waals surface area contributed by atoms with Gasteiger partial charge in [0.05, 0.1) is 17.1 Å². The number of pyridine rings is 4. The lowest BCUT2D eigenvalue weighted by atomic mass is 10.1. The Morgan fingerprint density at radius 3 is 1.64 bits per heavy atom. The first kappa shape index (κ1) is 60.3. The van der Waals surface area contributed by atoms with Gasteiger partial charge in [-0.05, 0) is 103 Å². The molecule has 80 heavy (non-hydrogen) atoms. The van der Waals surface area contributed by atoms with Crippen molar-refractivity contribution in [1.82, 2.24) is 51.0 Å². The minimum atomic E-state index is -3.65. The summed E-state index contributed by atoms with van der Waals surface area (Å²) in [4.78, 5) is 64.5. The van der Waals surface area contributed by atoms with Crippen molar-refractivity contribution in [3.8, 4) is 11.5 Å². The number of rotatable bonds is 9. The van der Waals surface area contributed by atoms with Gasteiger partial charge in [0.1, 0.15) is 40.2 Å². The van der Waals surface area contributed by atoms with Crippen LogP contribution >= 0.6 is 12.4 Å². The molecule has 2 aliphatic heterocycles. The van der Waals surface area contributed by atoms with E-state index in [0.29, 0.717) is 65.2 Å². The van der Waals surface area contributed by atoms with Gasteiger partial charge in [-0.2, -0.15) is 0 Å². The quantitative estimate of drug-likeness (QED) is 0.0956. The van der Waals surface area contributed by atoms with Gasteiger partial charge in [0.15, 0.2) is 34.5 Å². The molecule has 2 aliphatic rings. The second kappa shape index (κ2) is 26.1. The van der Waals surface area contributed by atoms with Gasteiger partial charge in [0.25, 0.3) is 17.7 Å². The summed E-state index contributed by atoms with van der Waals surface area (Å²) in [5, 5.41) is 53.9. The van der Waals surface area contributed by atoms with E-state index in [9.17, 15) is 55.0 Å². The van der Waals surface area contributed by atoms with Crippen molar-refractivity contribution in [3.05, 3.63) is 143 Å². The maximum Gasteiger partial charge on any atom is 0.358 e. The number of fused-ring (bicyclic) bond motifs is 3. The number of quaternary nitrogens is 1. The van der Waals surface area contributed by atoms with Crippen LogP contribution in [0.5, 0.6) is 11.5 Å².